The normalized spacial score (nSPS) is 13.3. The first-order valence-electron chi connectivity index (χ1n) is 13.9. The zero-order valence-corrected chi connectivity index (χ0v) is 24.1. The van der Waals surface area contributed by atoms with E-state index in [2.05, 4.69) is 22.5 Å². The van der Waals surface area contributed by atoms with Crippen LogP contribution in [-0.2, 0) is 25.7 Å². The van der Waals surface area contributed by atoms with Crippen LogP contribution in [0.5, 0.6) is 0 Å². The third kappa shape index (κ3) is 10.5. The molecule has 0 aliphatic rings. The van der Waals surface area contributed by atoms with Crippen molar-refractivity contribution in [2.45, 2.75) is 64.5 Å². The summed E-state index contributed by atoms with van der Waals surface area (Å²) < 4.78 is 67.0. The number of carbonyl (C=O) groups is 1. The van der Waals surface area contributed by atoms with Gasteiger partial charge in [0.15, 0.2) is 0 Å². The van der Waals surface area contributed by atoms with Gasteiger partial charge in [0.2, 0.25) is 0 Å². The van der Waals surface area contributed by atoms with Gasteiger partial charge in [0.25, 0.3) is 5.91 Å². The maximum Gasteiger partial charge on any atom is 0.416 e. The topological polar surface area (TPSA) is 64.6 Å². The SMILES string of the molecule is CCCCN(C)Cc1cc(C)cc(C(=O)N[C@@H](Cc2cc(F)cc(F)c2)[C@H](O)CNCc2cccc(C(F)(F)F)c2)c1. The summed E-state index contributed by atoms with van der Waals surface area (Å²) in [6.07, 6.45) is -3.66. The number of aliphatic hydroxyl groups excluding tert-OH is 1. The van der Waals surface area contributed by atoms with Crippen molar-refractivity contribution >= 4 is 5.91 Å². The van der Waals surface area contributed by atoms with Crippen LogP contribution in [0.2, 0.25) is 0 Å². The molecule has 10 heteroatoms. The van der Waals surface area contributed by atoms with Crippen molar-refractivity contribution in [3.05, 3.63) is 106 Å². The number of aryl methyl sites for hydroxylation is 1. The number of hydrogen-bond donors (Lipinski definition) is 3. The van der Waals surface area contributed by atoms with Crippen LogP contribution in [0.25, 0.3) is 0 Å². The molecule has 228 valence electrons. The van der Waals surface area contributed by atoms with Gasteiger partial charge in [-0.1, -0.05) is 43.2 Å². The molecule has 2 atom stereocenters. The van der Waals surface area contributed by atoms with Crippen LogP contribution in [0.15, 0.2) is 60.7 Å². The molecule has 0 aromatic heterocycles. The zero-order valence-electron chi connectivity index (χ0n) is 24.1. The average Bonchev–Trinajstić information content (AvgIpc) is 2.90. The summed E-state index contributed by atoms with van der Waals surface area (Å²) in [6, 6.07) is 12.4. The largest absolute Gasteiger partial charge is 0.416 e. The van der Waals surface area contributed by atoms with Crippen molar-refractivity contribution in [3.63, 3.8) is 0 Å². The molecule has 3 N–H and O–H groups in total. The van der Waals surface area contributed by atoms with Crippen molar-refractivity contribution in [2.75, 3.05) is 20.1 Å². The molecule has 42 heavy (non-hydrogen) atoms. The monoisotopic (exact) mass is 591 g/mol. The fourth-order valence-electron chi connectivity index (χ4n) is 4.79. The van der Waals surface area contributed by atoms with Crippen LogP contribution in [-0.4, -0.2) is 48.2 Å². The quantitative estimate of drug-likeness (QED) is 0.201. The van der Waals surface area contributed by atoms with Crippen molar-refractivity contribution in [1.29, 1.82) is 0 Å². The zero-order chi connectivity index (χ0) is 30.9. The lowest BCUT2D eigenvalue weighted by Crippen LogP contribution is -2.48. The summed E-state index contributed by atoms with van der Waals surface area (Å²) in [5.41, 5.74) is 2.03. The van der Waals surface area contributed by atoms with E-state index < -0.39 is 41.4 Å². The number of hydrogen-bond acceptors (Lipinski definition) is 4. The molecular formula is C32H38F5N3O2. The van der Waals surface area contributed by atoms with E-state index in [1.54, 1.807) is 12.1 Å². The first kappa shape index (κ1) is 33.2. The Morgan fingerprint density at radius 3 is 2.36 bits per heavy atom. The smallest absolute Gasteiger partial charge is 0.390 e. The van der Waals surface area contributed by atoms with Crippen LogP contribution < -0.4 is 10.6 Å². The lowest BCUT2D eigenvalue weighted by atomic mass is 9.99. The Hall–Kier alpha value is -3.34. The van der Waals surface area contributed by atoms with E-state index in [-0.39, 0.29) is 25.1 Å². The van der Waals surface area contributed by atoms with Gasteiger partial charge in [-0.05, 0) is 80.4 Å². The van der Waals surface area contributed by atoms with Gasteiger partial charge in [-0.3, -0.25) is 4.79 Å². The Balaban J connectivity index is 1.75. The number of nitrogens with one attached hydrogen (secondary N) is 2. The summed E-state index contributed by atoms with van der Waals surface area (Å²) in [5.74, 6) is -2.04. The molecule has 0 aliphatic carbocycles. The molecule has 0 heterocycles. The molecule has 0 fully saturated rings. The lowest BCUT2D eigenvalue weighted by molar-refractivity contribution is -0.137. The molecule has 0 aliphatic heterocycles. The Morgan fingerprint density at radius 1 is 0.976 bits per heavy atom. The van der Waals surface area contributed by atoms with Crippen LogP contribution in [0.4, 0.5) is 22.0 Å². The molecular weight excluding hydrogens is 553 g/mol. The van der Waals surface area contributed by atoms with E-state index in [0.29, 0.717) is 17.7 Å². The molecule has 0 saturated carbocycles. The Labute approximate surface area is 243 Å². The maximum absolute atomic E-state index is 13.9. The predicted octanol–water partition coefficient (Wildman–Crippen LogP) is 6.02. The second kappa shape index (κ2) is 15.2. The van der Waals surface area contributed by atoms with Crippen LogP contribution in [0.3, 0.4) is 0 Å². The minimum absolute atomic E-state index is 0.0308. The highest BCUT2D eigenvalue weighted by molar-refractivity contribution is 5.94. The number of halogens is 5. The standard InChI is InChI=1S/C32H38F5N3O2/c1-4-5-9-40(3)20-24-10-21(2)11-25(12-24)31(42)39-29(16-23-14-27(33)17-28(34)15-23)30(41)19-38-18-22-7-6-8-26(13-22)32(35,36)37/h6-8,10-15,17,29-30,38,41H,4-5,9,16,18-20H2,1-3H3,(H,39,42)/t29-,30+/m0/s1. The van der Waals surface area contributed by atoms with Crippen LogP contribution in [0.1, 0.15) is 57.9 Å². The summed E-state index contributed by atoms with van der Waals surface area (Å²) in [7, 11) is 2.01. The minimum Gasteiger partial charge on any atom is -0.390 e. The number of alkyl halides is 3. The third-order valence-corrected chi connectivity index (χ3v) is 6.84. The van der Waals surface area contributed by atoms with Gasteiger partial charge in [-0.2, -0.15) is 13.2 Å². The molecule has 1 amide bonds. The van der Waals surface area contributed by atoms with E-state index >= 15 is 0 Å². The summed E-state index contributed by atoms with van der Waals surface area (Å²) >= 11 is 0. The van der Waals surface area contributed by atoms with E-state index in [4.69, 9.17) is 0 Å². The Bertz CT molecular complexity index is 1310. The number of rotatable bonds is 14. The van der Waals surface area contributed by atoms with Gasteiger partial charge < -0.3 is 20.6 Å². The summed E-state index contributed by atoms with van der Waals surface area (Å²) in [5, 5.41) is 16.7. The third-order valence-electron chi connectivity index (χ3n) is 6.84. The van der Waals surface area contributed by atoms with Crippen LogP contribution >= 0.6 is 0 Å². The highest BCUT2D eigenvalue weighted by Crippen LogP contribution is 2.29. The highest BCUT2D eigenvalue weighted by Gasteiger charge is 2.30. The lowest BCUT2D eigenvalue weighted by Gasteiger charge is -2.25. The first-order chi connectivity index (χ1) is 19.8. The molecule has 3 rings (SSSR count). The summed E-state index contributed by atoms with van der Waals surface area (Å²) in [4.78, 5) is 15.5. The second-order valence-corrected chi connectivity index (χ2v) is 10.8. The van der Waals surface area contributed by atoms with Crippen molar-refractivity contribution in [2.24, 2.45) is 0 Å². The predicted molar refractivity (Wildman–Crippen MR) is 153 cm³/mol. The number of nitrogens with zero attached hydrogens (tertiary/aromatic N) is 1. The second-order valence-electron chi connectivity index (χ2n) is 10.8. The van der Waals surface area contributed by atoms with Crippen molar-refractivity contribution in [1.82, 2.24) is 15.5 Å². The van der Waals surface area contributed by atoms with Gasteiger partial charge in [-0.25, -0.2) is 8.78 Å². The average molecular weight is 592 g/mol. The maximum atomic E-state index is 13.9. The molecule has 0 saturated heterocycles. The van der Waals surface area contributed by atoms with Gasteiger partial charge in [0.1, 0.15) is 11.6 Å². The van der Waals surface area contributed by atoms with Crippen molar-refractivity contribution < 1.29 is 31.9 Å². The van der Waals surface area contributed by atoms with Gasteiger partial charge in [-0.15, -0.1) is 0 Å². The first-order valence-corrected chi connectivity index (χ1v) is 13.9. The summed E-state index contributed by atoms with van der Waals surface area (Å²) in [6.45, 7) is 5.50. The number of benzene rings is 3. The van der Waals surface area contributed by atoms with E-state index in [0.717, 1.165) is 60.8 Å². The number of unbranched alkanes of at least 4 members (excludes halogenated alkanes) is 1. The van der Waals surface area contributed by atoms with Gasteiger partial charge in [0.05, 0.1) is 17.7 Å². The van der Waals surface area contributed by atoms with Gasteiger partial charge in [0, 0.05) is 31.3 Å². The molecule has 5 nitrogen and oxygen atoms in total. The molecule has 0 bridgehead atoms. The molecule has 0 radical (unpaired) electrons. The highest BCUT2D eigenvalue weighted by atomic mass is 19.4. The van der Waals surface area contributed by atoms with E-state index in [1.807, 2.05) is 20.0 Å². The Kier molecular flexibility index (Phi) is 12.0. The van der Waals surface area contributed by atoms with Crippen LogP contribution in [0, 0.1) is 18.6 Å². The molecule has 3 aromatic carbocycles. The Morgan fingerprint density at radius 2 is 1.69 bits per heavy atom. The van der Waals surface area contributed by atoms with Crippen molar-refractivity contribution in [3.8, 4) is 0 Å². The van der Waals surface area contributed by atoms with E-state index in [9.17, 15) is 31.9 Å². The fraction of sp³-hybridized carbons (Fsp3) is 0.406. The van der Waals surface area contributed by atoms with E-state index in [1.165, 1.54) is 12.1 Å². The van der Waals surface area contributed by atoms with Gasteiger partial charge >= 0.3 is 6.18 Å². The molecule has 3 aromatic rings. The number of carbonyl (C=O) groups excluding carboxylic acids is 1. The fourth-order valence-corrected chi connectivity index (χ4v) is 4.79. The molecule has 0 unspecified atom stereocenters. The number of amides is 1. The number of aliphatic hydroxyl groups is 1. The molecule has 0 spiro atoms. The minimum atomic E-state index is -4.48.